The molecule has 0 unspecified atom stereocenters. The Bertz CT molecular complexity index is 1020. The summed E-state index contributed by atoms with van der Waals surface area (Å²) in [6, 6.07) is 9.49. The Morgan fingerprint density at radius 2 is 1.81 bits per heavy atom. The average Bonchev–Trinajstić information content (AvgIpc) is 3.17. The number of nitrogens with one attached hydrogen (secondary N) is 1. The number of benzene rings is 2. The lowest BCUT2D eigenvalue weighted by atomic mass is 9.62. The molecule has 1 heterocycles. The molecule has 0 fully saturated rings. The molecule has 2 aromatic carbocycles. The summed E-state index contributed by atoms with van der Waals surface area (Å²) in [5.41, 5.74) is 4.66. The number of rotatable bonds is 7. The highest BCUT2D eigenvalue weighted by molar-refractivity contribution is 6.68. The third-order valence-electron chi connectivity index (χ3n) is 5.71. The third-order valence-corrected chi connectivity index (χ3v) is 5.71. The molecule has 0 spiro atoms. The first kappa shape index (κ1) is 23.5. The summed E-state index contributed by atoms with van der Waals surface area (Å²) in [6.45, 7) is 8.08. The number of methoxy groups -OCH3 is 1. The molecule has 0 aromatic heterocycles. The maximum Gasteiger partial charge on any atom is 0.337 e. The summed E-state index contributed by atoms with van der Waals surface area (Å²) in [4.78, 5) is 37.3. The van der Waals surface area contributed by atoms with Crippen molar-refractivity contribution in [2.45, 2.75) is 46.8 Å². The zero-order chi connectivity index (χ0) is 23.4. The van der Waals surface area contributed by atoms with Crippen molar-refractivity contribution in [3.63, 3.8) is 0 Å². The fourth-order valence-electron chi connectivity index (χ4n) is 3.84. The van der Waals surface area contributed by atoms with Crippen LogP contribution in [0.15, 0.2) is 36.4 Å². The van der Waals surface area contributed by atoms with Crippen molar-refractivity contribution >= 4 is 30.2 Å². The molecule has 1 amide bonds. The van der Waals surface area contributed by atoms with E-state index < -0.39 is 18.0 Å². The smallest absolute Gasteiger partial charge is 0.337 e. The normalized spacial score (nSPS) is 13.5. The van der Waals surface area contributed by atoms with E-state index in [9.17, 15) is 14.4 Å². The molecular weight excluding hydrogens is 409 g/mol. The van der Waals surface area contributed by atoms with E-state index in [2.05, 4.69) is 10.1 Å². The van der Waals surface area contributed by atoms with Crippen LogP contribution in [-0.4, -0.2) is 37.9 Å². The van der Waals surface area contributed by atoms with Crippen molar-refractivity contribution in [2.75, 3.05) is 7.11 Å². The average molecular weight is 437 g/mol. The number of hydrogen-bond acceptors (Lipinski definition) is 6. The van der Waals surface area contributed by atoms with Crippen LogP contribution in [0.2, 0.25) is 6.82 Å². The van der Waals surface area contributed by atoms with Gasteiger partial charge in [0.15, 0.2) is 0 Å². The van der Waals surface area contributed by atoms with Gasteiger partial charge in [-0.15, -0.1) is 0 Å². The minimum atomic E-state index is -0.793. The molecule has 1 aliphatic heterocycles. The highest BCUT2D eigenvalue weighted by Crippen LogP contribution is 2.18. The Balaban J connectivity index is 1.66. The highest BCUT2D eigenvalue weighted by Gasteiger charge is 2.30. The Morgan fingerprint density at radius 1 is 1.12 bits per heavy atom. The van der Waals surface area contributed by atoms with Crippen molar-refractivity contribution in [3.05, 3.63) is 64.2 Å². The largest absolute Gasteiger partial charge is 0.465 e. The monoisotopic (exact) mass is 437 g/mol. The number of amides is 1. The summed E-state index contributed by atoms with van der Waals surface area (Å²) in [5.74, 6) is -1.42. The summed E-state index contributed by atoms with van der Waals surface area (Å²) < 4.78 is 15.8. The molecule has 32 heavy (non-hydrogen) atoms. The van der Waals surface area contributed by atoms with Gasteiger partial charge in [0.1, 0.15) is 12.6 Å². The summed E-state index contributed by atoms with van der Waals surface area (Å²) in [6.07, 6.45) is 0. The second-order valence-electron chi connectivity index (χ2n) is 8.26. The number of carbonyl (C=O) groups excluding carboxylic acids is 3. The molecule has 0 saturated carbocycles. The molecule has 1 atom stereocenters. The van der Waals surface area contributed by atoms with Crippen LogP contribution < -0.4 is 10.8 Å². The molecule has 8 heteroatoms. The zero-order valence-corrected chi connectivity index (χ0v) is 19.1. The van der Waals surface area contributed by atoms with Crippen LogP contribution in [0.1, 0.15) is 51.3 Å². The van der Waals surface area contributed by atoms with Gasteiger partial charge >= 0.3 is 18.9 Å². The Hall–Kier alpha value is -3.13. The maximum atomic E-state index is 13.0. The lowest BCUT2D eigenvalue weighted by Gasteiger charge is -2.22. The van der Waals surface area contributed by atoms with E-state index in [-0.39, 0.29) is 25.3 Å². The van der Waals surface area contributed by atoms with E-state index in [1.807, 2.05) is 33.7 Å². The van der Waals surface area contributed by atoms with Gasteiger partial charge in [-0.1, -0.05) is 38.9 Å². The predicted octanol–water partition coefficient (Wildman–Crippen LogP) is 2.64. The van der Waals surface area contributed by atoms with Crippen LogP contribution in [0.25, 0.3) is 0 Å². The zero-order valence-electron chi connectivity index (χ0n) is 19.1. The van der Waals surface area contributed by atoms with Crippen LogP contribution in [-0.2, 0) is 32.1 Å². The van der Waals surface area contributed by atoms with E-state index in [1.54, 1.807) is 30.3 Å². The molecule has 7 nitrogen and oxygen atoms in total. The first-order valence-electron chi connectivity index (χ1n) is 10.6. The van der Waals surface area contributed by atoms with Gasteiger partial charge in [-0.25, -0.2) is 9.59 Å². The second kappa shape index (κ2) is 10.00. The fourth-order valence-corrected chi connectivity index (χ4v) is 3.84. The maximum absolute atomic E-state index is 13.0. The molecule has 168 valence electrons. The molecule has 0 radical (unpaired) electrons. The lowest BCUT2D eigenvalue weighted by molar-refractivity contribution is -0.148. The SMILES string of the molecule is COC(=O)c1ccc(COC(=O)[C@@H](NC(=O)c2ccc3c(c2C)B(C)OC3)C(C)C)cc1. The van der Waals surface area contributed by atoms with Gasteiger partial charge in [-0.2, -0.15) is 0 Å². The number of ether oxygens (including phenoxy) is 2. The Labute approximate surface area is 188 Å². The minimum absolute atomic E-state index is 0.0338. The first-order chi connectivity index (χ1) is 15.2. The van der Waals surface area contributed by atoms with Gasteiger partial charge in [0.05, 0.1) is 19.3 Å². The van der Waals surface area contributed by atoms with Gasteiger partial charge in [-0.3, -0.25) is 4.79 Å². The summed E-state index contributed by atoms with van der Waals surface area (Å²) >= 11 is 0. The van der Waals surface area contributed by atoms with E-state index in [0.29, 0.717) is 17.7 Å². The van der Waals surface area contributed by atoms with Gasteiger partial charge in [0, 0.05) is 5.56 Å². The van der Waals surface area contributed by atoms with Gasteiger partial charge in [-0.05, 0) is 53.2 Å². The van der Waals surface area contributed by atoms with Crippen molar-refractivity contribution < 1.29 is 28.5 Å². The van der Waals surface area contributed by atoms with Gasteiger partial charge in [0.25, 0.3) is 5.91 Å². The standard InChI is InChI=1S/C24H28BNO6/c1-14(2)21(24(29)31-12-16-6-8-17(9-7-16)23(28)30-5)26-22(27)19-11-10-18-13-32-25(4)20(18)15(19)3/h6-11,14,21H,12-13H2,1-5H3,(H,26,27)/t21-/m0/s1. The molecular formula is C24H28BNO6. The fraction of sp³-hybridized carbons (Fsp3) is 0.375. The van der Waals surface area contributed by atoms with Crippen LogP contribution in [0.5, 0.6) is 0 Å². The number of carbonyl (C=O) groups is 3. The van der Waals surface area contributed by atoms with Crippen molar-refractivity contribution in [2.24, 2.45) is 5.92 Å². The molecule has 1 N–H and O–H groups in total. The Morgan fingerprint density at radius 3 is 2.44 bits per heavy atom. The van der Waals surface area contributed by atoms with E-state index >= 15 is 0 Å². The lowest BCUT2D eigenvalue weighted by Crippen LogP contribution is -2.46. The molecule has 2 aromatic rings. The third kappa shape index (κ3) is 5.02. The Kier molecular flexibility index (Phi) is 7.35. The summed E-state index contributed by atoms with van der Waals surface area (Å²) in [7, 11) is 1.32. The highest BCUT2D eigenvalue weighted by atomic mass is 16.5. The van der Waals surface area contributed by atoms with Gasteiger partial charge in [0.2, 0.25) is 0 Å². The molecule has 0 aliphatic carbocycles. The van der Waals surface area contributed by atoms with Crippen LogP contribution >= 0.6 is 0 Å². The topological polar surface area (TPSA) is 90.9 Å². The van der Waals surface area contributed by atoms with Crippen LogP contribution in [0, 0.1) is 12.8 Å². The molecule has 0 saturated heterocycles. The van der Waals surface area contributed by atoms with Crippen molar-refractivity contribution in [1.29, 1.82) is 0 Å². The molecule has 1 aliphatic rings. The minimum Gasteiger partial charge on any atom is -0.465 e. The van der Waals surface area contributed by atoms with E-state index in [0.717, 1.165) is 22.2 Å². The van der Waals surface area contributed by atoms with Gasteiger partial charge < -0.3 is 19.4 Å². The van der Waals surface area contributed by atoms with Crippen molar-refractivity contribution in [3.8, 4) is 0 Å². The number of hydrogen-bond donors (Lipinski definition) is 1. The second-order valence-corrected chi connectivity index (χ2v) is 8.26. The van der Waals surface area contributed by atoms with Crippen molar-refractivity contribution in [1.82, 2.24) is 5.32 Å². The number of fused-ring (bicyclic) bond motifs is 1. The molecule has 0 bridgehead atoms. The van der Waals surface area contributed by atoms with Crippen LogP contribution in [0.3, 0.4) is 0 Å². The predicted molar refractivity (Wildman–Crippen MR) is 121 cm³/mol. The quantitative estimate of drug-likeness (QED) is 0.529. The first-order valence-corrected chi connectivity index (χ1v) is 10.6. The van der Waals surface area contributed by atoms with E-state index in [4.69, 9.17) is 9.39 Å². The summed E-state index contributed by atoms with van der Waals surface area (Å²) in [5, 5.41) is 2.83. The number of esters is 2. The van der Waals surface area contributed by atoms with E-state index in [1.165, 1.54) is 7.11 Å². The molecule has 3 rings (SSSR count). The van der Waals surface area contributed by atoms with Crippen LogP contribution in [0.4, 0.5) is 0 Å².